The van der Waals surface area contributed by atoms with E-state index in [0.29, 0.717) is 18.1 Å². The van der Waals surface area contributed by atoms with E-state index in [-0.39, 0.29) is 5.91 Å². The highest BCUT2D eigenvalue weighted by Gasteiger charge is 2.15. The highest BCUT2D eigenvalue weighted by Crippen LogP contribution is 2.18. The second kappa shape index (κ2) is 6.67. The molecule has 0 saturated heterocycles. The number of aryl methyl sites for hydroxylation is 1. The Balaban J connectivity index is 1.83. The first-order valence-corrected chi connectivity index (χ1v) is 7.77. The van der Waals surface area contributed by atoms with E-state index in [4.69, 9.17) is 4.74 Å². The zero-order chi connectivity index (χ0) is 16.2. The lowest BCUT2D eigenvalue weighted by Crippen LogP contribution is -2.15. The number of nitrogens with zero attached hydrogens (tertiary/aromatic N) is 4. The van der Waals surface area contributed by atoms with Gasteiger partial charge in [0.05, 0.1) is 18.0 Å². The van der Waals surface area contributed by atoms with E-state index in [9.17, 15) is 4.79 Å². The number of hydrogen-bond donors (Lipinski definition) is 1. The maximum Gasteiger partial charge on any atom is 0.276 e. The summed E-state index contributed by atoms with van der Waals surface area (Å²) in [6.45, 7) is 2.26. The molecule has 0 aromatic carbocycles. The number of rotatable bonds is 5. The van der Waals surface area contributed by atoms with Crippen molar-refractivity contribution in [2.75, 3.05) is 12.4 Å². The van der Waals surface area contributed by atoms with E-state index in [2.05, 4.69) is 20.4 Å². The topological polar surface area (TPSA) is 81.9 Å². The van der Waals surface area contributed by atoms with Gasteiger partial charge in [0.25, 0.3) is 5.91 Å². The number of hydrogen-bond acceptors (Lipinski definition) is 6. The molecule has 23 heavy (non-hydrogen) atoms. The first-order chi connectivity index (χ1) is 11.2. The number of aromatic nitrogens is 4. The van der Waals surface area contributed by atoms with Gasteiger partial charge in [0, 0.05) is 30.9 Å². The molecule has 3 aromatic rings. The van der Waals surface area contributed by atoms with Crippen LogP contribution in [0, 0.1) is 6.92 Å². The van der Waals surface area contributed by atoms with Gasteiger partial charge in [-0.1, -0.05) is 0 Å². The molecule has 1 amide bonds. The number of methoxy groups -OCH3 is 1. The molecule has 3 heterocycles. The lowest BCUT2D eigenvalue weighted by Gasteiger charge is -2.07. The van der Waals surface area contributed by atoms with Gasteiger partial charge in [0.2, 0.25) is 0 Å². The van der Waals surface area contributed by atoms with Crippen molar-refractivity contribution in [1.29, 1.82) is 0 Å². The Morgan fingerprint density at radius 1 is 1.39 bits per heavy atom. The van der Waals surface area contributed by atoms with E-state index >= 15 is 0 Å². The molecular formula is C15H15N5O2S. The van der Waals surface area contributed by atoms with Crippen LogP contribution < -0.4 is 5.32 Å². The van der Waals surface area contributed by atoms with Crippen molar-refractivity contribution in [3.8, 4) is 5.69 Å². The van der Waals surface area contributed by atoms with Crippen molar-refractivity contribution in [3.05, 3.63) is 52.4 Å². The molecular weight excluding hydrogens is 314 g/mol. The minimum atomic E-state index is -0.279. The minimum Gasteiger partial charge on any atom is -0.378 e. The summed E-state index contributed by atoms with van der Waals surface area (Å²) in [5.41, 5.74) is 1.99. The number of carbonyl (C=O) groups excluding carboxylic acids is 1. The van der Waals surface area contributed by atoms with Gasteiger partial charge in [-0.15, -0.1) is 11.3 Å². The minimum absolute atomic E-state index is 0.279. The molecule has 118 valence electrons. The van der Waals surface area contributed by atoms with E-state index in [1.54, 1.807) is 35.6 Å². The molecule has 1 N–H and O–H groups in total. The van der Waals surface area contributed by atoms with Crippen molar-refractivity contribution in [2.24, 2.45) is 0 Å². The van der Waals surface area contributed by atoms with Gasteiger partial charge < -0.3 is 10.1 Å². The summed E-state index contributed by atoms with van der Waals surface area (Å²) < 4.78 is 6.68. The molecule has 0 radical (unpaired) electrons. The summed E-state index contributed by atoms with van der Waals surface area (Å²) >= 11 is 1.39. The van der Waals surface area contributed by atoms with Crippen LogP contribution in [0.1, 0.15) is 21.2 Å². The predicted molar refractivity (Wildman–Crippen MR) is 86.9 cm³/mol. The van der Waals surface area contributed by atoms with Crippen LogP contribution in [0.15, 0.2) is 36.0 Å². The van der Waals surface area contributed by atoms with Crippen LogP contribution in [0.4, 0.5) is 5.82 Å². The number of anilines is 1. The third kappa shape index (κ3) is 3.43. The Hall–Kier alpha value is -2.58. The summed E-state index contributed by atoms with van der Waals surface area (Å²) in [5.74, 6) is 0.304. The molecule has 0 aliphatic heterocycles. The van der Waals surface area contributed by atoms with Crippen molar-refractivity contribution >= 4 is 23.1 Å². The first kappa shape index (κ1) is 15.3. The van der Waals surface area contributed by atoms with Crippen LogP contribution in [0.5, 0.6) is 0 Å². The van der Waals surface area contributed by atoms with Gasteiger partial charge in [0.1, 0.15) is 16.5 Å². The summed E-state index contributed by atoms with van der Waals surface area (Å²) in [6.07, 6.45) is 3.35. The highest BCUT2D eigenvalue weighted by molar-refractivity contribution is 7.09. The van der Waals surface area contributed by atoms with Crippen molar-refractivity contribution in [2.45, 2.75) is 13.5 Å². The summed E-state index contributed by atoms with van der Waals surface area (Å²) in [4.78, 5) is 20.6. The predicted octanol–water partition coefficient (Wildman–Crippen LogP) is 2.43. The third-order valence-electron chi connectivity index (χ3n) is 3.03. The maximum atomic E-state index is 12.4. The fourth-order valence-corrected chi connectivity index (χ4v) is 2.80. The van der Waals surface area contributed by atoms with Crippen molar-refractivity contribution < 1.29 is 9.53 Å². The average Bonchev–Trinajstić information content (AvgIpc) is 3.15. The Labute approximate surface area is 137 Å². The van der Waals surface area contributed by atoms with Gasteiger partial charge in [0.15, 0.2) is 0 Å². The van der Waals surface area contributed by atoms with Gasteiger partial charge >= 0.3 is 0 Å². The Kier molecular flexibility index (Phi) is 4.45. The zero-order valence-corrected chi connectivity index (χ0v) is 13.5. The number of thiazole rings is 1. The molecule has 0 saturated carbocycles. The number of ether oxygens (including phenoxy) is 1. The molecule has 0 atom stereocenters. The lowest BCUT2D eigenvalue weighted by molar-refractivity contribution is 0.102. The molecule has 7 nitrogen and oxygen atoms in total. The molecule has 0 aliphatic carbocycles. The Morgan fingerprint density at radius 2 is 2.17 bits per heavy atom. The fraction of sp³-hybridized carbons (Fsp3) is 0.200. The number of nitrogens with one attached hydrogen (secondary N) is 1. The van der Waals surface area contributed by atoms with E-state index in [1.807, 2.05) is 19.1 Å². The molecule has 0 spiro atoms. The van der Waals surface area contributed by atoms with Gasteiger partial charge in [-0.25, -0.2) is 9.67 Å². The molecule has 3 rings (SSSR count). The maximum absolute atomic E-state index is 12.4. The molecule has 0 fully saturated rings. The normalized spacial score (nSPS) is 10.7. The van der Waals surface area contributed by atoms with E-state index in [0.717, 1.165) is 16.4 Å². The highest BCUT2D eigenvalue weighted by atomic mass is 32.1. The monoisotopic (exact) mass is 329 g/mol. The number of pyridine rings is 1. The molecule has 8 heteroatoms. The van der Waals surface area contributed by atoms with Crippen molar-refractivity contribution in [3.63, 3.8) is 0 Å². The fourth-order valence-electron chi connectivity index (χ4n) is 2.06. The van der Waals surface area contributed by atoms with E-state index < -0.39 is 0 Å². The SMILES string of the molecule is COCc1nc(C(=O)Nc2cc(C)nn2-c2ccncc2)cs1. The standard InChI is InChI=1S/C15H15N5O2S/c1-10-7-13(20(19-10)11-3-5-16-6-4-11)18-15(21)12-9-23-14(17-12)8-22-2/h3-7,9H,8H2,1-2H3,(H,18,21). The summed E-state index contributed by atoms with van der Waals surface area (Å²) in [5, 5.41) is 9.72. The van der Waals surface area contributed by atoms with E-state index in [1.165, 1.54) is 11.3 Å². The van der Waals surface area contributed by atoms with Crippen LogP contribution in [0.25, 0.3) is 5.69 Å². The number of carbonyl (C=O) groups is 1. The molecule has 0 unspecified atom stereocenters. The van der Waals surface area contributed by atoms with Crippen LogP contribution in [0.2, 0.25) is 0 Å². The Bertz CT molecular complexity index is 812. The Morgan fingerprint density at radius 3 is 2.91 bits per heavy atom. The van der Waals surface area contributed by atoms with Gasteiger partial charge in [-0.2, -0.15) is 5.10 Å². The molecule has 3 aromatic heterocycles. The zero-order valence-electron chi connectivity index (χ0n) is 12.7. The summed E-state index contributed by atoms with van der Waals surface area (Å²) in [7, 11) is 1.59. The van der Waals surface area contributed by atoms with Crippen LogP contribution in [-0.4, -0.2) is 32.8 Å². The quantitative estimate of drug-likeness (QED) is 0.777. The smallest absolute Gasteiger partial charge is 0.276 e. The average molecular weight is 329 g/mol. The first-order valence-electron chi connectivity index (χ1n) is 6.89. The lowest BCUT2D eigenvalue weighted by atomic mass is 10.4. The van der Waals surface area contributed by atoms with Crippen LogP contribution in [0.3, 0.4) is 0 Å². The van der Waals surface area contributed by atoms with Crippen LogP contribution >= 0.6 is 11.3 Å². The molecule has 0 aliphatic rings. The summed E-state index contributed by atoms with van der Waals surface area (Å²) in [6, 6.07) is 5.45. The van der Waals surface area contributed by atoms with Gasteiger partial charge in [-0.3, -0.25) is 9.78 Å². The molecule has 0 bridgehead atoms. The third-order valence-corrected chi connectivity index (χ3v) is 3.85. The largest absolute Gasteiger partial charge is 0.378 e. The van der Waals surface area contributed by atoms with Crippen molar-refractivity contribution in [1.82, 2.24) is 19.7 Å². The van der Waals surface area contributed by atoms with Gasteiger partial charge in [-0.05, 0) is 19.1 Å². The second-order valence-corrected chi connectivity index (χ2v) is 5.74. The second-order valence-electron chi connectivity index (χ2n) is 4.80. The van der Waals surface area contributed by atoms with Crippen LogP contribution in [-0.2, 0) is 11.3 Å². The number of amides is 1.